The summed E-state index contributed by atoms with van der Waals surface area (Å²) in [7, 11) is 1.32. The van der Waals surface area contributed by atoms with Crippen molar-refractivity contribution in [3.05, 3.63) is 105 Å². The second kappa shape index (κ2) is 21.0. The first-order valence-electron chi connectivity index (χ1n) is 23.7. The summed E-state index contributed by atoms with van der Waals surface area (Å²) in [5, 5.41) is 11.9. The lowest BCUT2D eigenvalue weighted by Gasteiger charge is -2.18. The van der Waals surface area contributed by atoms with E-state index in [-0.39, 0.29) is 42.2 Å². The molecule has 2 aromatic heterocycles. The average molecular weight is 869 g/mol. The number of H-pyrrole nitrogens is 2. The Morgan fingerprint density at radius 3 is 2.28 bits per heavy atom. The molecule has 0 radical (unpaired) electrons. The normalized spacial score (nSPS) is 17.4. The van der Waals surface area contributed by atoms with Gasteiger partial charge >= 0.3 is 11.9 Å². The number of ether oxygens (including phenoxy) is 2. The Balaban J connectivity index is 1.25. The lowest BCUT2D eigenvalue weighted by Crippen LogP contribution is -2.12. The van der Waals surface area contributed by atoms with Crippen LogP contribution in [0.1, 0.15) is 196 Å². The van der Waals surface area contributed by atoms with Crippen molar-refractivity contribution in [2.75, 3.05) is 13.7 Å². The van der Waals surface area contributed by atoms with Gasteiger partial charge in [0, 0.05) is 51.9 Å². The standard InChI is InChI=1S/C55H72N4O5/c1-13-39-35(8)42-28-44-37(10)41(24-25-48(60)64-27-26-34(7)23-17-22-33(6)21-16-20-32(5)19-15-18-31(3)4)52(58-44)50-51(55(62)63-12)54(61)49-38(11)45(59-53(49)50)30-47-40(14-2)36(9)43(57-47)29-46(39)56-42/h13,22,26,28-32,37,41,58-59,61H,1,14-21,23-25,27H2,2-12H3/b33-22+,34-26+,44-28?,46-29?,47-30?,52-50?/t32-,37+,41+/m1/s1. The maximum atomic E-state index is 13.6. The number of aromatic amines is 2. The molecule has 6 rings (SSSR count). The number of hydrogen-bond donors (Lipinski definition) is 3. The number of esters is 2. The number of allylic oxidation sites excluding steroid dienone is 8. The molecule has 4 aliphatic rings. The number of aromatic nitrogens is 4. The molecule has 0 fully saturated rings. The van der Waals surface area contributed by atoms with E-state index in [1.807, 2.05) is 38.1 Å². The molecule has 1 aliphatic carbocycles. The lowest BCUT2D eigenvalue weighted by molar-refractivity contribution is -0.142. The van der Waals surface area contributed by atoms with Gasteiger partial charge in [0.15, 0.2) is 0 Å². The van der Waals surface area contributed by atoms with Gasteiger partial charge in [-0.05, 0) is 132 Å². The fourth-order valence-corrected chi connectivity index (χ4v) is 9.80. The second-order valence-corrected chi connectivity index (χ2v) is 19.0. The highest BCUT2D eigenvalue weighted by atomic mass is 16.5. The largest absolute Gasteiger partial charge is 0.506 e. The van der Waals surface area contributed by atoms with Crippen LogP contribution < -0.4 is 0 Å². The van der Waals surface area contributed by atoms with Crippen LogP contribution in [-0.2, 0) is 19.1 Å². The van der Waals surface area contributed by atoms with Gasteiger partial charge in [-0.15, -0.1) is 0 Å². The molecule has 0 saturated carbocycles. The maximum Gasteiger partial charge on any atom is 0.342 e. The highest BCUT2D eigenvalue weighted by Gasteiger charge is 2.39. The van der Waals surface area contributed by atoms with Gasteiger partial charge in [-0.2, -0.15) is 0 Å². The van der Waals surface area contributed by atoms with Crippen molar-refractivity contribution in [2.45, 2.75) is 152 Å². The fraction of sp³-hybridized carbons (Fsp3) is 0.491. The minimum Gasteiger partial charge on any atom is -0.506 e. The summed E-state index contributed by atoms with van der Waals surface area (Å²) in [5.41, 5.74) is 15.0. The number of hydrogen-bond acceptors (Lipinski definition) is 7. The Morgan fingerprint density at radius 2 is 1.58 bits per heavy atom. The van der Waals surface area contributed by atoms with E-state index in [0.717, 1.165) is 105 Å². The van der Waals surface area contributed by atoms with E-state index in [2.05, 4.69) is 84.1 Å². The number of rotatable bonds is 19. The zero-order chi connectivity index (χ0) is 46.4. The summed E-state index contributed by atoms with van der Waals surface area (Å²) in [4.78, 5) is 44.5. The molecule has 3 atom stereocenters. The minimum atomic E-state index is -0.644. The third-order valence-corrected chi connectivity index (χ3v) is 13.9. The SMILES string of the molecule is C=CC1=C(C)c2cc3[nH]c(c4c5[nH]c(cc6nc(cc1n2)C(C)=C6CC)c(C)c5C(O)=C4C(=O)OC)[C@@H](CCC(=O)OC/C=C(\C)CC/C=C(\C)CCC[C@H](C)CCCC(C)C)[C@@H]3C. The van der Waals surface area contributed by atoms with Gasteiger partial charge in [-0.3, -0.25) is 4.79 Å². The van der Waals surface area contributed by atoms with Crippen molar-refractivity contribution in [1.82, 2.24) is 19.9 Å². The Morgan fingerprint density at radius 1 is 0.875 bits per heavy atom. The van der Waals surface area contributed by atoms with Gasteiger partial charge in [0.05, 0.1) is 35.4 Å². The molecule has 2 aromatic rings. The van der Waals surface area contributed by atoms with E-state index in [1.165, 1.54) is 50.4 Å². The van der Waals surface area contributed by atoms with E-state index in [4.69, 9.17) is 19.4 Å². The van der Waals surface area contributed by atoms with Crippen molar-refractivity contribution in [3.8, 4) is 0 Å². The summed E-state index contributed by atoms with van der Waals surface area (Å²) < 4.78 is 11.1. The van der Waals surface area contributed by atoms with Crippen LogP contribution in [0.25, 0.3) is 44.7 Å². The van der Waals surface area contributed by atoms with Crippen molar-refractivity contribution in [3.63, 3.8) is 0 Å². The molecule has 0 amide bonds. The van der Waals surface area contributed by atoms with E-state index in [0.29, 0.717) is 23.1 Å². The van der Waals surface area contributed by atoms with E-state index < -0.39 is 5.97 Å². The van der Waals surface area contributed by atoms with Crippen LogP contribution in [-0.4, -0.2) is 50.7 Å². The van der Waals surface area contributed by atoms with Crippen molar-refractivity contribution in [1.29, 1.82) is 0 Å². The molecule has 3 N–H and O–H groups in total. The summed E-state index contributed by atoms with van der Waals surface area (Å²) in [6, 6.07) is 6.12. The van der Waals surface area contributed by atoms with Crippen LogP contribution in [0, 0.1) is 18.8 Å². The molecule has 0 unspecified atom stereocenters. The van der Waals surface area contributed by atoms with Crippen LogP contribution in [0.2, 0.25) is 0 Å². The first kappa shape index (κ1) is 48.0. The molecule has 342 valence electrons. The highest BCUT2D eigenvalue weighted by Crippen LogP contribution is 2.49. The highest BCUT2D eigenvalue weighted by molar-refractivity contribution is 6.30. The molecule has 9 heteroatoms. The molecule has 0 spiro atoms. The molecule has 9 nitrogen and oxygen atoms in total. The third-order valence-electron chi connectivity index (χ3n) is 13.9. The molecule has 3 aliphatic heterocycles. The molecular weight excluding hydrogens is 797 g/mol. The summed E-state index contributed by atoms with van der Waals surface area (Å²) in [6.45, 7) is 26.0. The third kappa shape index (κ3) is 10.4. The Bertz CT molecular complexity index is 2520. The lowest BCUT2D eigenvalue weighted by atomic mass is 9.85. The topological polar surface area (TPSA) is 130 Å². The predicted octanol–water partition coefficient (Wildman–Crippen LogP) is 14.2. The zero-order valence-corrected chi connectivity index (χ0v) is 40.4. The number of aliphatic hydroxyl groups excluding tert-OH is 1. The van der Waals surface area contributed by atoms with Gasteiger partial charge in [0.25, 0.3) is 0 Å². The number of fused-ring (bicyclic) bond motifs is 8. The van der Waals surface area contributed by atoms with Crippen LogP contribution in [0.5, 0.6) is 0 Å². The smallest absolute Gasteiger partial charge is 0.342 e. The van der Waals surface area contributed by atoms with Crippen molar-refractivity contribution < 1.29 is 24.2 Å². The van der Waals surface area contributed by atoms with Gasteiger partial charge < -0.3 is 24.5 Å². The molecule has 64 heavy (non-hydrogen) atoms. The monoisotopic (exact) mass is 869 g/mol. The fourth-order valence-electron chi connectivity index (χ4n) is 9.80. The maximum absolute atomic E-state index is 13.6. The summed E-state index contributed by atoms with van der Waals surface area (Å²) in [6.07, 6.45) is 17.2. The molecule has 0 aromatic carbocycles. The Labute approximate surface area is 381 Å². The minimum absolute atomic E-state index is 0.0862. The number of aliphatic hydroxyl groups is 1. The van der Waals surface area contributed by atoms with Gasteiger partial charge in [-0.1, -0.05) is 90.2 Å². The van der Waals surface area contributed by atoms with Crippen LogP contribution in [0.4, 0.5) is 0 Å². The number of nitrogens with one attached hydrogen (secondary N) is 2. The second-order valence-electron chi connectivity index (χ2n) is 19.0. The van der Waals surface area contributed by atoms with Gasteiger partial charge in [0.1, 0.15) is 17.9 Å². The Hall–Kier alpha value is -5.44. The number of carbonyl (C=O) groups excluding carboxylic acids is 2. The van der Waals surface area contributed by atoms with E-state index in [1.54, 1.807) is 0 Å². The van der Waals surface area contributed by atoms with Crippen LogP contribution in [0.3, 0.4) is 0 Å². The summed E-state index contributed by atoms with van der Waals surface area (Å²) >= 11 is 0. The summed E-state index contributed by atoms with van der Waals surface area (Å²) in [5.74, 6) is 0.159. The van der Waals surface area contributed by atoms with Crippen LogP contribution in [0.15, 0.2) is 54.2 Å². The quantitative estimate of drug-likeness (QED) is 0.0946. The molecular formula is C55H72N4O5. The predicted molar refractivity (Wildman–Crippen MR) is 264 cm³/mol. The van der Waals surface area contributed by atoms with Crippen molar-refractivity contribution >= 4 is 56.6 Å². The number of methoxy groups -OCH3 is 1. The van der Waals surface area contributed by atoms with Crippen LogP contribution >= 0.6 is 0 Å². The molecule has 0 saturated heterocycles. The van der Waals surface area contributed by atoms with Gasteiger partial charge in [-0.25, -0.2) is 14.8 Å². The van der Waals surface area contributed by atoms with Crippen molar-refractivity contribution in [2.24, 2.45) is 11.8 Å². The first-order chi connectivity index (χ1) is 30.6. The first-order valence-corrected chi connectivity index (χ1v) is 23.7. The van der Waals surface area contributed by atoms with E-state index >= 15 is 0 Å². The number of aryl methyl sites for hydroxylation is 1. The van der Waals surface area contributed by atoms with Gasteiger partial charge in [0.2, 0.25) is 0 Å². The molecule has 8 bridgehead atoms. The number of nitrogens with zero attached hydrogens (tertiary/aromatic N) is 2. The Kier molecular flexibility index (Phi) is 15.8. The average Bonchev–Trinajstić information content (AvgIpc) is 3.99. The van der Waals surface area contributed by atoms with E-state index in [9.17, 15) is 14.7 Å². The zero-order valence-electron chi connectivity index (χ0n) is 40.4. The molecule has 5 heterocycles. The number of carbonyl (C=O) groups is 2.